The van der Waals surface area contributed by atoms with Crippen LogP contribution in [0.4, 0.5) is 5.69 Å². The quantitative estimate of drug-likeness (QED) is 0.722. The summed E-state index contributed by atoms with van der Waals surface area (Å²) in [7, 11) is 0. The number of carboxylic acids is 1. The summed E-state index contributed by atoms with van der Waals surface area (Å²) in [4.78, 5) is 21.2. The van der Waals surface area contributed by atoms with Crippen LogP contribution in [0, 0.1) is 0 Å². The van der Waals surface area contributed by atoms with Gasteiger partial charge in [-0.15, -0.1) is 0 Å². The summed E-state index contributed by atoms with van der Waals surface area (Å²) >= 11 is 0. The molecule has 4 N–H and O–H groups in total. The molecule has 5 heteroatoms. The third-order valence-electron chi connectivity index (χ3n) is 2.33. The zero-order valence-electron chi connectivity index (χ0n) is 9.64. The third kappa shape index (κ3) is 4.65. The van der Waals surface area contributed by atoms with E-state index in [2.05, 4.69) is 5.32 Å². The molecule has 0 fully saturated rings. The van der Waals surface area contributed by atoms with E-state index in [4.69, 9.17) is 10.8 Å². The first kappa shape index (κ1) is 13.2. The van der Waals surface area contributed by atoms with Gasteiger partial charge in [-0.05, 0) is 24.1 Å². The molecule has 1 atom stereocenters. The van der Waals surface area contributed by atoms with Gasteiger partial charge in [-0.1, -0.05) is 12.1 Å². The summed E-state index contributed by atoms with van der Waals surface area (Å²) in [6.45, 7) is 1.44. The summed E-state index contributed by atoms with van der Waals surface area (Å²) in [5.74, 6) is -0.983. The topological polar surface area (TPSA) is 92.4 Å². The van der Waals surface area contributed by atoms with Gasteiger partial charge in [-0.2, -0.15) is 0 Å². The van der Waals surface area contributed by atoms with Gasteiger partial charge in [0.25, 0.3) is 0 Å². The molecule has 0 aromatic heterocycles. The summed E-state index contributed by atoms with van der Waals surface area (Å²) < 4.78 is 0. The number of nitrogens with one attached hydrogen (secondary N) is 1. The van der Waals surface area contributed by atoms with Gasteiger partial charge in [0.2, 0.25) is 5.91 Å². The molecule has 1 rings (SSSR count). The van der Waals surface area contributed by atoms with E-state index in [0.717, 1.165) is 5.56 Å². The molecule has 0 saturated heterocycles. The van der Waals surface area contributed by atoms with Crippen molar-refractivity contribution in [1.82, 2.24) is 0 Å². The predicted molar refractivity (Wildman–Crippen MR) is 64.5 cm³/mol. The number of aliphatic carboxylic acids is 1. The van der Waals surface area contributed by atoms with Gasteiger partial charge in [0.1, 0.15) is 0 Å². The Hall–Kier alpha value is -1.88. The van der Waals surface area contributed by atoms with Crippen molar-refractivity contribution in [3.8, 4) is 0 Å². The fraction of sp³-hybridized carbons (Fsp3) is 0.333. The molecule has 0 spiro atoms. The lowest BCUT2D eigenvalue weighted by molar-refractivity contribution is -0.137. The number of carbonyl (C=O) groups excluding carboxylic acids is 1. The predicted octanol–water partition coefficient (Wildman–Crippen LogP) is 1.51. The Labute approximate surface area is 99.6 Å². The van der Waals surface area contributed by atoms with Crippen molar-refractivity contribution in [2.45, 2.75) is 25.8 Å². The van der Waals surface area contributed by atoms with Crippen LogP contribution in [0.3, 0.4) is 0 Å². The number of hydrogen-bond donors (Lipinski definition) is 3. The molecule has 1 unspecified atom stereocenters. The van der Waals surface area contributed by atoms with Crippen LogP contribution in [0.5, 0.6) is 0 Å². The number of rotatable bonds is 5. The highest BCUT2D eigenvalue weighted by Crippen LogP contribution is 2.18. The van der Waals surface area contributed by atoms with Crippen LogP contribution in [0.15, 0.2) is 24.3 Å². The van der Waals surface area contributed by atoms with E-state index in [-0.39, 0.29) is 18.4 Å². The van der Waals surface area contributed by atoms with Crippen LogP contribution >= 0.6 is 0 Å². The number of carbonyl (C=O) groups is 2. The molecular weight excluding hydrogens is 220 g/mol. The molecule has 1 aromatic rings. The Morgan fingerprint density at radius 2 is 1.94 bits per heavy atom. The molecule has 5 nitrogen and oxygen atoms in total. The fourth-order valence-electron chi connectivity index (χ4n) is 1.46. The summed E-state index contributed by atoms with van der Waals surface area (Å²) in [6, 6.07) is 6.78. The first-order valence-corrected chi connectivity index (χ1v) is 5.34. The van der Waals surface area contributed by atoms with Crippen LogP contribution in [-0.4, -0.2) is 17.0 Å². The maximum Gasteiger partial charge on any atom is 0.303 e. The average Bonchev–Trinajstić information content (AvgIpc) is 2.26. The van der Waals surface area contributed by atoms with E-state index >= 15 is 0 Å². The van der Waals surface area contributed by atoms with Crippen LogP contribution in [-0.2, 0) is 9.59 Å². The summed E-state index contributed by atoms with van der Waals surface area (Å²) in [5.41, 5.74) is 7.41. The SMILES string of the molecule is CC(=O)Nc1ccc(C(N)CCC(=O)O)cc1. The van der Waals surface area contributed by atoms with Crippen molar-refractivity contribution in [2.24, 2.45) is 5.73 Å². The molecular formula is C12H16N2O3. The van der Waals surface area contributed by atoms with Crippen molar-refractivity contribution >= 4 is 17.6 Å². The highest BCUT2D eigenvalue weighted by Gasteiger charge is 2.08. The van der Waals surface area contributed by atoms with Crippen molar-refractivity contribution in [3.63, 3.8) is 0 Å². The number of amides is 1. The minimum Gasteiger partial charge on any atom is -0.481 e. The summed E-state index contributed by atoms with van der Waals surface area (Å²) in [5, 5.41) is 11.2. The smallest absolute Gasteiger partial charge is 0.303 e. The minimum atomic E-state index is -0.852. The molecule has 1 amide bonds. The monoisotopic (exact) mass is 236 g/mol. The Kier molecular flexibility index (Phi) is 4.66. The standard InChI is InChI=1S/C12H16N2O3/c1-8(15)14-10-4-2-9(3-5-10)11(13)6-7-12(16)17/h2-5,11H,6-7,13H2,1H3,(H,14,15)(H,16,17). The Balaban J connectivity index is 2.60. The van der Waals surface area contributed by atoms with Crippen molar-refractivity contribution < 1.29 is 14.7 Å². The maximum atomic E-state index is 10.8. The number of carboxylic acid groups (broad SMARTS) is 1. The zero-order valence-corrected chi connectivity index (χ0v) is 9.64. The van der Waals surface area contributed by atoms with Gasteiger partial charge >= 0.3 is 5.97 Å². The number of benzene rings is 1. The highest BCUT2D eigenvalue weighted by molar-refractivity contribution is 5.88. The van der Waals surface area contributed by atoms with Gasteiger partial charge < -0.3 is 16.2 Å². The Bertz CT molecular complexity index is 401. The second-order valence-electron chi connectivity index (χ2n) is 3.84. The lowest BCUT2D eigenvalue weighted by Gasteiger charge is -2.11. The van der Waals surface area contributed by atoms with Crippen LogP contribution in [0.2, 0.25) is 0 Å². The average molecular weight is 236 g/mol. The zero-order chi connectivity index (χ0) is 12.8. The molecule has 0 aliphatic carbocycles. The molecule has 17 heavy (non-hydrogen) atoms. The molecule has 0 heterocycles. The van der Waals surface area contributed by atoms with E-state index in [1.807, 2.05) is 0 Å². The van der Waals surface area contributed by atoms with Gasteiger partial charge in [-0.25, -0.2) is 0 Å². The summed E-state index contributed by atoms with van der Waals surface area (Å²) in [6.07, 6.45) is 0.448. The largest absolute Gasteiger partial charge is 0.481 e. The van der Waals surface area contributed by atoms with Crippen LogP contribution in [0.25, 0.3) is 0 Å². The van der Waals surface area contributed by atoms with Crippen molar-refractivity contribution in [3.05, 3.63) is 29.8 Å². The van der Waals surface area contributed by atoms with Crippen LogP contribution in [0.1, 0.15) is 31.4 Å². The molecule has 0 radical (unpaired) electrons. The van der Waals surface area contributed by atoms with Gasteiger partial charge in [0.15, 0.2) is 0 Å². The van der Waals surface area contributed by atoms with E-state index in [1.165, 1.54) is 6.92 Å². The lowest BCUT2D eigenvalue weighted by Crippen LogP contribution is -2.12. The van der Waals surface area contributed by atoms with E-state index in [0.29, 0.717) is 12.1 Å². The fourth-order valence-corrected chi connectivity index (χ4v) is 1.46. The molecule has 0 saturated carbocycles. The van der Waals surface area contributed by atoms with E-state index < -0.39 is 5.97 Å². The highest BCUT2D eigenvalue weighted by atomic mass is 16.4. The van der Waals surface area contributed by atoms with Crippen molar-refractivity contribution in [2.75, 3.05) is 5.32 Å². The van der Waals surface area contributed by atoms with E-state index in [1.54, 1.807) is 24.3 Å². The first-order chi connectivity index (χ1) is 7.99. The molecule has 1 aromatic carbocycles. The Morgan fingerprint density at radius 3 is 2.41 bits per heavy atom. The Morgan fingerprint density at radius 1 is 1.35 bits per heavy atom. The minimum absolute atomic E-state index is 0.0502. The third-order valence-corrected chi connectivity index (χ3v) is 2.33. The first-order valence-electron chi connectivity index (χ1n) is 5.34. The number of anilines is 1. The maximum absolute atomic E-state index is 10.8. The van der Waals surface area contributed by atoms with Crippen molar-refractivity contribution in [1.29, 1.82) is 0 Å². The van der Waals surface area contributed by atoms with E-state index in [9.17, 15) is 9.59 Å². The normalized spacial score (nSPS) is 11.9. The molecule has 0 bridgehead atoms. The lowest BCUT2D eigenvalue weighted by atomic mass is 10.0. The second-order valence-corrected chi connectivity index (χ2v) is 3.84. The van der Waals surface area contributed by atoms with Gasteiger partial charge in [-0.3, -0.25) is 9.59 Å². The molecule has 92 valence electrons. The molecule has 0 aliphatic rings. The van der Waals surface area contributed by atoms with Gasteiger partial charge in [0.05, 0.1) is 0 Å². The van der Waals surface area contributed by atoms with Crippen LogP contribution < -0.4 is 11.1 Å². The number of hydrogen-bond acceptors (Lipinski definition) is 3. The second kappa shape index (κ2) is 6.00. The van der Waals surface area contributed by atoms with Gasteiger partial charge in [0, 0.05) is 25.1 Å². The molecule has 0 aliphatic heterocycles. The number of nitrogens with two attached hydrogens (primary N) is 1.